The van der Waals surface area contributed by atoms with Crippen molar-refractivity contribution >= 4 is 0 Å². The fraction of sp³-hybridized carbons (Fsp3) is 0.500. The molecule has 2 N–H and O–H groups in total. The van der Waals surface area contributed by atoms with E-state index < -0.39 is 0 Å². The predicted octanol–water partition coefficient (Wildman–Crippen LogP) is 1.29. The molecule has 0 aliphatic carbocycles. The Kier molecular flexibility index (Phi) is 2.85. The summed E-state index contributed by atoms with van der Waals surface area (Å²) in [6.45, 7) is 3.08. The molecular weight excluding hydrogens is 172 g/mol. The molecule has 1 saturated heterocycles. The van der Waals surface area contributed by atoms with Crippen molar-refractivity contribution in [1.29, 1.82) is 0 Å². The summed E-state index contributed by atoms with van der Waals surface area (Å²) < 4.78 is 0. The van der Waals surface area contributed by atoms with Gasteiger partial charge in [0.15, 0.2) is 0 Å². The molecule has 1 heterocycles. The highest BCUT2D eigenvalue weighted by molar-refractivity contribution is 5.22. The normalized spacial score (nSPS) is 28.1. The summed E-state index contributed by atoms with van der Waals surface area (Å²) in [7, 11) is 2.17. The third kappa shape index (κ3) is 1.81. The summed E-state index contributed by atoms with van der Waals surface area (Å²) in [5.74, 6) is 1.26. The molecule has 0 spiro atoms. The van der Waals surface area contributed by atoms with Crippen LogP contribution in [0.15, 0.2) is 30.3 Å². The Morgan fingerprint density at radius 1 is 1.29 bits per heavy atom. The van der Waals surface area contributed by atoms with Gasteiger partial charge in [0.1, 0.15) is 0 Å². The van der Waals surface area contributed by atoms with Crippen LogP contribution in [0.1, 0.15) is 11.5 Å². The van der Waals surface area contributed by atoms with Gasteiger partial charge in [0.25, 0.3) is 0 Å². The SMILES string of the molecule is CN1CC(CN)C(c2ccccc2)C1. The molecule has 2 heteroatoms. The lowest BCUT2D eigenvalue weighted by Gasteiger charge is -2.16. The minimum Gasteiger partial charge on any atom is -0.330 e. The Labute approximate surface area is 85.7 Å². The van der Waals surface area contributed by atoms with Crippen molar-refractivity contribution in [2.75, 3.05) is 26.7 Å². The quantitative estimate of drug-likeness (QED) is 0.761. The zero-order valence-corrected chi connectivity index (χ0v) is 8.69. The van der Waals surface area contributed by atoms with Gasteiger partial charge >= 0.3 is 0 Å². The third-order valence-corrected chi connectivity index (χ3v) is 3.15. The lowest BCUT2D eigenvalue weighted by molar-refractivity contribution is 0.397. The zero-order chi connectivity index (χ0) is 9.97. The molecule has 0 amide bonds. The van der Waals surface area contributed by atoms with Crippen LogP contribution in [0.5, 0.6) is 0 Å². The molecule has 2 nitrogen and oxygen atoms in total. The molecule has 0 bridgehead atoms. The van der Waals surface area contributed by atoms with Gasteiger partial charge in [-0.25, -0.2) is 0 Å². The smallest absolute Gasteiger partial charge is 0.00510 e. The van der Waals surface area contributed by atoms with Crippen LogP contribution in [0, 0.1) is 5.92 Å². The summed E-state index contributed by atoms with van der Waals surface area (Å²) in [5.41, 5.74) is 7.23. The van der Waals surface area contributed by atoms with Gasteiger partial charge < -0.3 is 10.6 Å². The van der Waals surface area contributed by atoms with Crippen LogP contribution in [0.3, 0.4) is 0 Å². The number of nitrogens with zero attached hydrogens (tertiary/aromatic N) is 1. The summed E-state index contributed by atoms with van der Waals surface area (Å²) in [6.07, 6.45) is 0. The third-order valence-electron chi connectivity index (χ3n) is 3.15. The number of hydrogen-bond acceptors (Lipinski definition) is 2. The Balaban J connectivity index is 2.18. The van der Waals surface area contributed by atoms with Gasteiger partial charge in [-0.2, -0.15) is 0 Å². The maximum Gasteiger partial charge on any atom is 0.00510 e. The van der Waals surface area contributed by atoms with Crippen molar-refractivity contribution < 1.29 is 0 Å². The molecule has 0 aromatic heterocycles. The molecule has 1 aliphatic rings. The van der Waals surface area contributed by atoms with E-state index in [9.17, 15) is 0 Å². The highest BCUT2D eigenvalue weighted by Gasteiger charge is 2.30. The average Bonchev–Trinajstić information content (AvgIpc) is 2.61. The van der Waals surface area contributed by atoms with Gasteiger partial charge in [-0.15, -0.1) is 0 Å². The van der Waals surface area contributed by atoms with Crippen molar-refractivity contribution in [1.82, 2.24) is 4.90 Å². The molecule has 1 aliphatic heterocycles. The van der Waals surface area contributed by atoms with Gasteiger partial charge in [0.2, 0.25) is 0 Å². The Morgan fingerprint density at radius 3 is 2.64 bits per heavy atom. The lowest BCUT2D eigenvalue weighted by Crippen LogP contribution is -2.21. The van der Waals surface area contributed by atoms with E-state index >= 15 is 0 Å². The van der Waals surface area contributed by atoms with E-state index in [1.54, 1.807) is 0 Å². The first-order valence-corrected chi connectivity index (χ1v) is 5.25. The van der Waals surface area contributed by atoms with Gasteiger partial charge in [0.05, 0.1) is 0 Å². The van der Waals surface area contributed by atoms with E-state index in [0.717, 1.165) is 19.6 Å². The first-order valence-electron chi connectivity index (χ1n) is 5.25. The van der Waals surface area contributed by atoms with E-state index in [4.69, 9.17) is 5.73 Å². The highest BCUT2D eigenvalue weighted by Crippen LogP contribution is 2.30. The van der Waals surface area contributed by atoms with E-state index in [1.807, 2.05) is 0 Å². The maximum atomic E-state index is 5.80. The van der Waals surface area contributed by atoms with Crippen molar-refractivity contribution in [2.24, 2.45) is 11.7 Å². The molecule has 2 atom stereocenters. The van der Waals surface area contributed by atoms with Crippen molar-refractivity contribution in [3.63, 3.8) is 0 Å². The molecule has 2 rings (SSSR count). The fourth-order valence-electron chi connectivity index (χ4n) is 2.40. The largest absolute Gasteiger partial charge is 0.330 e. The molecule has 76 valence electrons. The van der Waals surface area contributed by atoms with Crippen molar-refractivity contribution in [2.45, 2.75) is 5.92 Å². The standard InChI is InChI=1S/C12H18N2/c1-14-8-11(7-13)12(9-14)10-5-3-2-4-6-10/h2-6,11-12H,7-9,13H2,1H3. The second-order valence-electron chi connectivity index (χ2n) is 4.23. The van der Waals surface area contributed by atoms with Gasteiger partial charge in [-0.05, 0) is 25.1 Å². The number of likely N-dealkylation sites (tertiary alicyclic amines) is 1. The second kappa shape index (κ2) is 4.11. The topological polar surface area (TPSA) is 29.3 Å². The molecular formula is C12H18N2. The van der Waals surface area contributed by atoms with Crippen LogP contribution in [-0.4, -0.2) is 31.6 Å². The van der Waals surface area contributed by atoms with E-state index in [0.29, 0.717) is 11.8 Å². The monoisotopic (exact) mass is 190 g/mol. The van der Waals surface area contributed by atoms with Crippen LogP contribution < -0.4 is 5.73 Å². The number of nitrogens with two attached hydrogens (primary N) is 1. The molecule has 2 unspecified atom stereocenters. The van der Waals surface area contributed by atoms with E-state index in [2.05, 4.69) is 42.3 Å². The first-order chi connectivity index (χ1) is 6.81. The van der Waals surface area contributed by atoms with Gasteiger partial charge in [-0.3, -0.25) is 0 Å². The van der Waals surface area contributed by atoms with Crippen LogP contribution in [-0.2, 0) is 0 Å². The van der Waals surface area contributed by atoms with Crippen molar-refractivity contribution in [3.8, 4) is 0 Å². The Bertz CT molecular complexity index is 284. The number of benzene rings is 1. The van der Waals surface area contributed by atoms with Crippen LogP contribution >= 0.6 is 0 Å². The molecule has 1 fully saturated rings. The number of rotatable bonds is 2. The summed E-state index contributed by atoms with van der Waals surface area (Å²) >= 11 is 0. The fourth-order valence-corrected chi connectivity index (χ4v) is 2.40. The van der Waals surface area contributed by atoms with Crippen LogP contribution in [0.4, 0.5) is 0 Å². The van der Waals surface area contributed by atoms with E-state index in [-0.39, 0.29) is 0 Å². The average molecular weight is 190 g/mol. The lowest BCUT2D eigenvalue weighted by atomic mass is 9.89. The van der Waals surface area contributed by atoms with E-state index in [1.165, 1.54) is 5.56 Å². The number of hydrogen-bond donors (Lipinski definition) is 1. The summed E-state index contributed by atoms with van der Waals surface area (Å²) in [5, 5.41) is 0. The minimum atomic E-state index is 0.627. The summed E-state index contributed by atoms with van der Waals surface area (Å²) in [4.78, 5) is 2.37. The van der Waals surface area contributed by atoms with Gasteiger partial charge in [0, 0.05) is 19.0 Å². The Hall–Kier alpha value is -0.860. The van der Waals surface area contributed by atoms with Crippen LogP contribution in [0.25, 0.3) is 0 Å². The predicted molar refractivity (Wildman–Crippen MR) is 59.2 cm³/mol. The molecule has 14 heavy (non-hydrogen) atoms. The maximum absolute atomic E-state index is 5.80. The highest BCUT2D eigenvalue weighted by atomic mass is 15.1. The molecule has 0 radical (unpaired) electrons. The molecule has 0 saturated carbocycles. The van der Waals surface area contributed by atoms with Crippen molar-refractivity contribution in [3.05, 3.63) is 35.9 Å². The number of likely N-dealkylation sites (N-methyl/N-ethyl adjacent to an activating group) is 1. The summed E-state index contributed by atoms with van der Waals surface area (Å²) in [6, 6.07) is 10.7. The molecule has 1 aromatic rings. The zero-order valence-electron chi connectivity index (χ0n) is 8.69. The Morgan fingerprint density at radius 2 is 2.00 bits per heavy atom. The van der Waals surface area contributed by atoms with Crippen LogP contribution in [0.2, 0.25) is 0 Å². The first kappa shape index (κ1) is 9.69. The molecule has 1 aromatic carbocycles. The van der Waals surface area contributed by atoms with Gasteiger partial charge in [-0.1, -0.05) is 30.3 Å². The second-order valence-corrected chi connectivity index (χ2v) is 4.23. The minimum absolute atomic E-state index is 0.627.